The van der Waals surface area contributed by atoms with Gasteiger partial charge in [0, 0.05) is 0 Å². The number of benzene rings is 1. The van der Waals surface area contributed by atoms with Gasteiger partial charge in [-0.25, -0.2) is 9.18 Å². The van der Waals surface area contributed by atoms with Gasteiger partial charge in [0.1, 0.15) is 11.6 Å². The maximum Gasteiger partial charge on any atom is 0.373 e. The van der Waals surface area contributed by atoms with Gasteiger partial charge >= 0.3 is 5.97 Å². The van der Waals surface area contributed by atoms with E-state index < -0.39 is 5.97 Å². The van der Waals surface area contributed by atoms with Crippen LogP contribution in [-0.2, 0) is 11.3 Å². The zero-order valence-electron chi connectivity index (χ0n) is 10.7. The Balaban J connectivity index is 2.07. The predicted molar refractivity (Wildman–Crippen MR) is 68.5 cm³/mol. The highest BCUT2D eigenvalue weighted by Gasteiger charge is 2.11. The first kappa shape index (κ1) is 13.1. The predicted octanol–water partition coefficient (Wildman–Crippen LogP) is 3.13. The Hall–Kier alpha value is -2.30. The largest absolute Gasteiger partial charge is 0.463 e. The van der Waals surface area contributed by atoms with E-state index in [0.29, 0.717) is 18.0 Å². The number of carbonyl (C=O) groups is 1. The van der Waals surface area contributed by atoms with Crippen molar-refractivity contribution in [3.63, 3.8) is 0 Å². The number of esters is 1. The molecular weight excluding hydrogens is 249 g/mol. The van der Waals surface area contributed by atoms with Gasteiger partial charge < -0.3 is 14.5 Å². The summed E-state index contributed by atoms with van der Waals surface area (Å²) in [4.78, 5) is 11.2. The maximum atomic E-state index is 13.6. The summed E-state index contributed by atoms with van der Waals surface area (Å²) in [6.45, 7) is 2.10. The zero-order chi connectivity index (χ0) is 13.8. The Kier molecular flexibility index (Phi) is 3.85. The van der Waals surface area contributed by atoms with Crippen molar-refractivity contribution in [2.45, 2.75) is 13.5 Å². The lowest BCUT2D eigenvalue weighted by Gasteiger charge is -2.08. The number of para-hydroxylation sites is 1. The molecule has 2 rings (SSSR count). The molecule has 0 fully saturated rings. The summed E-state index contributed by atoms with van der Waals surface area (Å²) in [7, 11) is 1.28. The number of hydrogen-bond acceptors (Lipinski definition) is 4. The molecule has 0 amide bonds. The van der Waals surface area contributed by atoms with Crippen molar-refractivity contribution in [3.05, 3.63) is 53.2 Å². The Morgan fingerprint density at radius 3 is 2.84 bits per heavy atom. The molecule has 4 nitrogen and oxygen atoms in total. The highest BCUT2D eigenvalue weighted by molar-refractivity contribution is 5.86. The van der Waals surface area contributed by atoms with Crippen LogP contribution in [0.5, 0.6) is 0 Å². The lowest BCUT2D eigenvalue weighted by Crippen LogP contribution is -2.03. The van der Waals surface area contributed by atoms with Crippen LogP contribution < -0.4 is 5.32 Å². The Morgan fingerprint density at radius 1 is 1.37 bits per heavy atom. The molecule has 0 saturated heterocycles. The van der Waals surface area contributed by atoms with Crippen LogP contribution in [0.2, 0.25) is 0 Å². The SMILES string of the molecule is COC(=O)c1ccc(CNc2c(C)cccc2F)o1. The first-order chi connectivity index (χ1) is 9.11. The molecule has 0 aliphatic rings. The summed E-state index contributed by atoms with van der Waals surface area (Å²) < 4.78 is 23.4. The summed E-state index contributed by atoms with van der Waals surface area (Å²) in [5.74, 6) is -0.194. The maximum absolute atomic E-state index is 13.6. The molecule has 1 N–H and O–H groups in total. The molecule has 0 unspecified atom stereocenters. The van der Waals surface area contributed by atoms with Gasteiger partial charge in [-0.15, -0.1) is 0 Å². The molecule has 1 heterocycles. The lowest BCUT2D eigenvalue weighted by atomic mass is 10.2. The van der Waals surface area contributed by atoms with Gasteiger partial charge in [-0.05, 0) is 30.7 Å². The number of nitrogens with one attached hydrogen (secondary N) is 1. The molecule has 0 atom stereocenters. The molecule has 0 saturated carbocycles. The number of aryl methyl sites for hydroxylation is 1. The molecule has 0 bridgehead atoms. The fourth-order valence-corrected chi connectivity index (χ4v) is 1.71. The third kappa shape index (κ3) is 2.93. The molecule has 1 aromatic heterocycles. The fraction of sp³-hybridized carbons (Fsp3) is 0.214. The van der Waals surface area contributed by atoms with Crippen molar-refractivity contribution in [2.75, 3.05) is 12.4 Å². The Bertz CT molecular complexity index is 572. The second-order valence-corrected chi connectivity index (χ2v) is 4.04. The van der Waals surface area contributed by atoms with Crippen molar-refractivity contribution >= 4 is 11.7 Å². The second-order valence-electron chi connectivity index (χ2n) is 4.04. The molecule has 0 aliphatic carbocycles. The van der Waals surface area contributed by atoms with Crippen LogP contribution in [0.25, 0.3) is 0 Å². The Morgan fingerprint density at radius 2 is 2.16 bits per heavy atom. The highest BCUT2D eigenvalue weighted by Crippen LogP contribution is 2.20. The number of methoxy groups -OCH3 is 1. The van der Waals surface area contributed by atoms with E-state index in [0.717, 1.165) is 5.56 Å². The summed E-state index contributed by atoms with van der Waals surface area (Å²) in [6.07, 6.45) is 0. The van der Waals surface area contributed by atoms with Gasteiger partial charge in [-0.1, -0.05) is 12.1 Å². The van der Waals surface area contributed by atoms with Crippen LogP contribution in [0.1, 0.15) is 21.9 Å². The normalized spacial score (nSPS) is 10.3. The van der Waals surface area contributed by atoms with E-state index in [-0.39, 0.29) is 11.6 Å². The van der Waals surface area contributed by atoms with Gasteiger partial charge in [0.2, 0.25) is 5.76 Å². The average Bonchev–Trinajstić information content (AvgIpc) is 2.86. The molecule has 0 aliphatic heterocycles. The standard InChI is InChI=1S/C14H14FNO3/c1-9-4-3-5-11(15)13(9)16-8-10-6-7-12(19-10)14(17)18-2/h3-7,16H,8H2,1-2H3. The minimum Gasteiger partial charge on any atom is -0.463 e. The van der Waals surface area contributed by atoms with Gasteiger partial charge in [0.05, 0.1) is 19.3 Å². The van der Waals surface area contributed by atoms with E-state index in [2.05, 4.69) is 10.1 Å². The van der Waals surface area contributed by atoms with Crippen LogP contribution in [0.3, 0.4) is 0 Å². The van der Waals surface area contributed by atoms with Crippen LogP contribution in [0.15, 0.2) is 34.7 Å². The number of furan rings is 1. The molecule has 1 aromatic carbocycles. The smallest absolute Gasteiger partial charge is 0.373 e. The molecule has 100 valence electrons. The number of hydrogen-bond donors (Lipinski definition) is 1. The quantitative estimate of drug-likeness (QED) is 0.861. The number of anilines is 1. The van der Waals surface area contributed by atoms with Crippen LogP contribution >= 0.6 is 0 Å². The van der Waals surface area contributed by atoms with E-state index >= 15 is 0 Å². The second kappa shape index (κ2) is 5.56. The van der Waals surface area contributed by atoms with Crippen LogP contribution in [-0.4, -0.2) is 13.1 Å². The first-order valence-corrected chi connectivity index (χ1v) is 5.78. The summed E-state index contributed by atoms with van der Waals surface area (Å²) >= 11 is 0. The average molecular weight is 263 g/mol. The molecule has 19 heavy (non-hydrogen) atoms. The highest BCUT2D eigenvalue weighted by atomic mass is 19.1. The summed E-state index contributed by atoms with van der Waals surface area (Å²) in [6, 6.07) is 8.02. The van der Waals surface area contributed by atoms with Crippen molar-refractivity contribution in [1.82, 2.24) is 0 Å². The summed E-state index contributed by atoms with van der Waals surface area (Å²) in [5.41, 5.74) is 1.23. The van der Waals surface area contributed by atoms with Gasteiger partial charge in [-0.3, -0.25) is 0 Å². The van der Waals surface area contributed by atoms with Gasteiger partial charge in [0.15, 0.2) is 0 Å². The van der Waals surface area contributed by atoms with E-state index in [1.807, 2.05) is 13.0 Å². The van der Waals surface area contributed by atoms with E-state index in [1.54, 1.807) is 12.1 Å². The van der Waals surface area contributed by atoms with E-state index in [9.17, 15) is 9.18 Å². The van der Waals surface area contributed by atoms with E-state index in [1.165, 1.54) is 19.2 Å². The number of ether oxygens (including phenoxy) is 1. The van der Waals surface area contributed by atoms with Gasteiger partial charge in [-0.2, -0.15) is 0 Å². The molecule has 2 aromatic rings. The number of halogens is 1. The first-order valence-electron chi connectivity index (χ1n) is 5.78. The monoisotopic (exact) mass is 263 g/mol. The van der Waals surface area contributed by atoms with Crippen molar-refractivity contribution in [2.24, 2.45) is 0 Å². The van der Waals surface area contributed by atoms with Crippen LogP contribution in [0.4, 0.5) is 10.1 Å². The van der Waals surface area contributed by atoms with Gasteiger partial charge in [0.25, 0.3) is 0 Å². The number of carbonyl (C=O) groups excluding carboxylic acids is 1. The van der Waals surface area contributed by atoms with Crippen molar-refractivity contribution in [1.29, 1.82) is 0 Å². The van der Waals surface area contributed by atoms with Crippen molar-refractivity contribution in [3.8, 4) is 0 Å². The molecule has 0 spiro atoms. The van der Waals surface area contributed by atoms with E-state index in [4.69, 9.17) is 4.42 Å². The topological polar surface area (TPSA) is 51.5 Å². The minimum absolute atomic E-state index is 0.129. The van der Waals surface area contributed by atoms with Crippen molar-refractivity contribution < 1.29 is 18.3 Å². The third-order valence-corrected chi connectivity index (χ3v) is 2.71. The Labute approximate surface area is 110 Å². The third-order valence-electron chi connectivity index (χ3n) is 2.71. The summed E-state index contributed by atoms with van der Waals surface area (Å²) in [5, 5.41) is 2.95. The molecular formula is C14H14FNO3. The minimum atomic E-state index is -0.534. The zero-order valence-corrected chi connectivity index (χ0v) is 10.7. The lowest BCUT2D eigenvalue weighted by molar-refractivity contribution is 0.0563. The fourth-order valence-electron chi connectivity index (χ4n) is 1.71. The van der Waals surface area contributed by atoms with Crippen LogP contribution in [0, 0.1) is 12.7 Å². The molecule has 5 heteroatoms. The number of rotatable bonds is 4. The molecule has 0 radical (unpaired) electrons.